The molecule has 2 atom stereocenters. The molecule has 2 aromatic rings. The number of carbonyl (C=O) groups is 1. The average Bonchev–Trinajstić information content (AvgIpc) is 2.87. The fourth-order valence-electron chi connectivity index (χ4n) is 2.78. The van der Waals surface area contributed by atoms with E-state index in [1.54, 1.807) is 0 Å². The Bertz CT molecular complexity index is 661. The van der Waals surface area contributed by atoms with E-state index >= 15 is 0 Å². The number of carbonyl (C=O) groups excluding carboxylic acids is 1. The van der Waals surface area contributed by atoms with Gasteiger partial charge in [0, 0.05) is 53.1 Å². The van der Waals surface area contributed by atoms with Gasteiger partial charge in [-0.3, -0.25) is 9.00 Å². The summed E-state index contributed by atoms with van der Waals surface area (Å²) in [4.78, 5) is 14.2. The van der Waals surface area contributed by atoms with Gasteiger partial charge in [0.15, 0.2) is 0 Å². The molecule has 0 N–H and O–H groups in total. The smallest absolute Gasteiger partial charge is 0.223 e. The lowest BCUT2D eigenvalue weighted by atomic mass is 10.2. The lowest BCUT2D eigenvalue weighted by molar-refractivity contribution is -0.131. The lowest BCUT2D eigenvalue weighted by Crippen LogP contribution is -2.33. The summed E-state index contributed by atoms with van der Waals surface area (Å²) in [6, 6.07) is 9.87. The minimum absolute atomic E-state index is 0.131. The van der Waals surface area contributed by atoms with Gasteiger partial charge in [0.25, 0.3) is 0 Å². The predicted molar refractivity (Wildman–Crippen MR) is 88.2 cm³/mol. The van der Waals surface area contributed by atoms with Gasteiger partial charge >= 0.3 is 0 Å². The zero-order valence-corrected chi connectivity index (χ0v) is 13.6. The summed E-state index contributed by atoms with van der Waals surface area (Å²) in [7, 11) is -0.802. The quantitative estimate of drug-likeness (QED) is 0.874. The van der Waals surface area contributed by atoms with Crippen LogP contribution in [0.3, 0.4) is 0 Å². The van der Waals surface area contributed by atoms with Crippen LogP contribution in [-0.4, -0.2) is 39.1 Å². The van der Waals surface area contributed by atoms with Crippen LogP contribution in [0.4, 0.5) is 0 Å². The number of hydrogen-bond donors (Lipinski definition) is 0. The fraction of sp³-hybridized carbons (Fsp3) is 0.471. The molecule has 2 heterocycles. The number of aryl methyl sites for hydroxylation is 1. The third-order valence-corrected chi connectivity index (χ3v) is 5.95. The number of amides is 1. The third kappa shape index (κ3) is 3.40. The zero-order valence-electron chi connectivity index (χ0n) is 12.8. The molecule has 118 valence electrons. The highest BCUT2D eigenvalue weighted by atomic mass is 32.2. The van der Waals surface area contributed by atoms with Crippen LogP contribution in [0, 0.1) is 0 Å². The van der Waals surface area contributed by atoms with Gasteiger partial charge in [0.05, 0.1) is 0 Å². The molecule has 0 saturated carbocycles. The summed E-state index contributed by atoms with van der Waals surface area (Å²) < 4.78 is 17.6. The minimum Gasteiger partial charge on any atom is -0.461 e. The Morgan fingerprint density at radius 1 is 1.36 bits per heavy atom. The second-order valence-corrected chi connectivity index (χ2v) is 7.79. The van der Waals surface area contributed by atoms with Crippen molar-refractivity contribution < 1.29 is 13.4 Å². The van der Waals surface area contributed by atoms with Crippen LogP contribution in [0.2, 0.25) is 0 Å². The number of furan rings is 1. The number of para-hydroxylation sites is 1. The molecule has 5 heteroatoms. The fourth-order valence-corrected chi connectivity index (χ4v) is 3.95. The molecule has 1 aliphatic rings. The number of fused-ring (bicyclic) bond motifs is 1. The standard InChI is InChI=1S/C17H21NO3S/c1-13-8-9-18(10-11-22(13)20)17(19)7-6-15-12-14-4-2-3-5-16(14)21-15/h2-5,12-13H,6-11H2,1H3. The van der Waals surface area contributed by atoms with E-state index in [1.807, 2.05) is 42.2 Å². The largest absolute Gasteiger partial charge is 0.461 e. The zero-order chi connectivity index (χ0) is 15.5. The Morgan fingerprint density at radius 3 is 3.00 bits per heavy atom. The first-order valence-corrected chi connectivity index (χ1v) is 9.14. The molecule has 1 aromatic heterocycles. The molecule has 0 bridgehead atoms. The molecular formula is C17H21NO3S. The Labute approximate surface area is 132 Å². The Kier molecular flexibility index (Phi) is 4.62. The van der Waals surface area contributed by atoms with E-state index in [9.17, 15) is 9.00 Å². The highest BCUT2D eigenvalue weighted by Crippen LogP contribution is 2.20. The van der Waals surface area contributed by atoms with E-state index in [4.69, 9.17) is 4.42 Å². The lowest BCUT2D eigenvalue weighted by Gasteiger charge is -2.19. The van der Waals surface area contributed by atoms with Gasteiger partial charge in [-0.15, -0.1) is 0 Å². The number of rotatable bonds is 3. The summed E-state index contributed by atoms with van der Waals surface area (Å²) in [5, 5.41) is 1.26. The molecule has 0 radical (unpaired) electrons. The van der Waals surface area contributed by atoms with Crippen molar-refractivity contribution in [1.82, 2.24) is 4.90 Å². The van der Waals surface area contributed by atoms with E-state index in [2.05, 4.69) is 0 Å². The van der Waals surface area contributed by atoms with Gasteiger partial charge in [0.1, 0.15) is 11.3 Å². The molecule has 1 amide bonds. The van der Waals surface area contributed by atoms with E-state index in [1.165, 1.54) is 0 Å². The van der Waals surface area contributed by atoms with Gasteiger partial charge < -0.3 is 9.32 Å². The van der Waals surface area contributed by atoms with Crippen molar-refractivity contribution in [2.24, 2.45) is 0 Å². The molecule has 1 aromatic carbocycles. The van der Waals surface area contributed by atoms with E-state index in [0.29, 0.717) is 31.7 Å². The Balaban J connectivity index is 1.58. The van der Waals surface area contributed by atoms with Gasteiger partial charge in [-0.1, -0.05) is 25.1 Å². The van der Waals surface area contributed by atoms with Crippen LogP contribution < -0.4 is 0 Å². The Hall–Kier alpha value is -1.62. The monoisotopic (exact) mass is 319 g/mol. The topological polar surface area (TPSA) is 50.5 Å². The molecule has 3 rings (SSSR count). The molecular weight excluding hydrogens is 298 g/mol. The number of nitrogens with zero attached hydrogens (tertiary/aromatic N) is 1. The van der Waals surface area contributed by atoms with E-state index < -0.39 is 10.8 Å². The summed E-state index contributed by atoms with van der Waals surface area (Å²) >= 11 is 0. The van der Waals surface area contributed by atoms with Crippen molar-refractivity contribution in [2.75, 3.05) is 18.8 Å². The maximum absolute atomic E-state index is 12.3. The molecule has 2 unspecified atom stereocenters. The van der Waals surface area contributed by atoms with Gasteiger partial charge in [0.2, 0.25) is 5.91 Å². The van der Waals surface area contributed by atoms with Crippen LogP contribution in [0.1, 0.15) is 25.5 Å². The van der Waals surface area contributed by atoms with Crippen molar-refractivity contribution in [2.45, 2.75) is 31.4 Å². The Morgan fingerprint density at radius 2 is 2.18 bits per heavy atom. The van der Waals surface area contributed by atoms with E-state index in [-0.39, 0.29) is 11.2 Å². The molecule has 1 aliphatic heterocycles. The van der Waals surface area contributed by atoms with Crippen LogP contribution >= 0.6 is 0 Å². The molecule has 4 nitrogen and oxygen atoms in total. The molecule has 22 heavy (non-hydrogen) atoms. The van der Waals surface area contributed by atoms with Crippen molar-refractivity contribution in [1.29, 1.82) is 0 Å². The van der Waals surface area contributed by atoms with Crippen LogP contribution in [0.15, 0.2) is 34.7 Å². The SMILES string of the molecule is CC1CCN(C(=O)CCc2cc3ccccc3o2)CCS1=O. The van der Waals surface area contributed by atoms with Crippen molar-refractivity contribution in [3.8, 4) is 0 Å². The van der Waals surface area contributed by atoms with Crippen LogP contribution in [-0.2, 0) is 22.0 Å². The first-order valence-electron chi connectivity index (χ1n) is 7.76. The van der Waals surface area contributed by atoms with Crippen LogP contribution in [0.5, 0.6) is 0 Å². The van der Waals surface area contributed by atoms with Crippen molar-refractivity contribution in [3.05, 3.63) is 36.1 Å². The minimum atomic E-state index is -0.802. The first kappa shape index (κ1) is 15.3. The summed E-state index contributed by atoms with van der Waals surface area (Å²) in [5.74, 6) is 1.57. The van der Waals surface area contributed by atoms with Gasteiger partial charge in [-0.25, -0.2) is 0 Å². The normalized spacial score (nSPS) is 22.7. The van der Waals surface area contributed by atoms with Crippen molar-refractivity contribution in [3.63, 3.8) is 0 Å². The molecule has 0 spiro atoms. The number of benzene rings is 1. The average molecular weight is 319 g/mol. The predicted octanol–water partition coefficient (Wildman–Crippen LogP) is 2.73. The molecule has 1 saturated heterocycles. The maximum Gasteiger partial charge on any atom is 0.223 e. The highest BCUT2D eigenvalue weighted by Gasteiger charge is 2.22. The van der Waals surface area contributed by atoms with Gasteiger partial charge in [-0.05, 0) is 18.6 Å². The second-order valence-electron chi connectivity index (χ2n) is 5.82. The summed E-state index contributed by atoms with van der Waals surface area (Å²) in [6.45, 7) is 3.32. The van der Waals surface area contributed by atoms with Crippen molar-refractivity contribution >= 4 is 27.7 Å². The summed E-state index contributed by atoms with van der Waals surface area (Å²) in [6.07, 6.45) is 1.88. The molecule has 0 aliphatic carbocycles. The molecule has 1 fully saturated rings. The first-order chi connectivity index (χ1) is 10.6. The highest BCUT2D eigenvalue weighted by molar-refractivity contribution is 7.85. The van der Waals surface area contributed by atoms with Gasteiger partial charge in [-0.2, -0.15) is 0 Å². The number of hydrogen-bond acceptors (Lipinski definition) is 3. The van der Waals surface area contributed by atoms with E-state index in [0.717, 1.165) is 23.2 Å². The third-order valence-electron chi connectivity index (χ3n) is 4.23. The maximum atomic E-state index is 12.3. The second kappa shape index (κ2) is 6.65. The summed E-state index contributed by atoms with van der Waals surface area (Å²) in [5.41, 5.74) is 0.865. The van der Waals surface area contributed by atoms with Crippen LogP contribution in [0.25, 0.3) is 11.0 Å².